The van der Waals surface area contributed by atoms with Crippen LogP contribution in [0.3, 0.4) is 0 Å². The minimum absolute atomic E-state index is 0.349. The van der Waals surface area contributed by atoms with Crippen LogP contribution in [0.4, 0.5) is 17.1 Å². The predicted octanol–water partition coefficient (Wildman–Crippen LogP) is 12.1. The summed E-state index contributed by atoms with van der Waals surface area (Å²) in [5.41, 5.74) is 6.25. The second-order valence-electron chi connectivity index (χ2n) is 21.4. The number of amidine groups is 3. The molecule has 4 aromatic heterocycles. The summed E-state index contributed by atoms with van der Waals surface area (Å²) in [4.78, 5) is 49.6. The van der Waals surface area contributed by atoms with E-state index in [0.717, 1.165) is 51.7 Å². The highest BCUT2D eigenvalue weighted by Gasteiger charge is 2.52. The van der Waals surface area contributed by atoms with Crippen LogP contribution in [0.15, 0.2) is 167 Å². The van der Waals surface area contributed by atoms with Crippen molar-refractivity contribution < 1.29 is 0 Å². The summed E-state index contributed by atoms with van der Waals surface area (Å²) in [6, 6.07) is 51.3. The molecular formula is C58H61N11. The Morgan fingerprint density at radius 3 is 0.870 bits per heavy atom. The topological polar surface area (TPSA) is 111 Å². The van der Waals surface area contributed by atoms with E-state index in [1.807, 2.05) is 78.9 Å². The standard InChI is InChI=1S/C58H61N11/c1-53(2)56(7,8)67(38-25-16-13-17-26-38)50(64-53)44-34-22-31-41(59-44)47-37-48(42-32-23-35-45(60-42)51-65-54(3,4)57(9,10)68(51)39-27-18-14-19-28-39)63-49(62-47)43-33-24-36-46(61-43)52-66-55(5,6)58(11,12)69(52)40-29-20-15-21-30-40/h13-37H,1-12H3. The summed E-state index contributed by atoms with van der Waals surface area (Å²) in [7, 11) is 0. The summed E-state index contributed by atoms with van der Waals surface area (Å²) in [5, 5.41) is 0. The van der Waals surface area contributed by atoms with Gasteiger partial charge in [-0.05, 0) is 162 Å². The Hall–Kier alpha value is -7.40. The lowest BCUT2D eigenvalue weighted by Crippen LogP contribution is -2.53. The Labute approximate surface area is 406 Å². The number of pyridine rings is 3. The Morgan fingerprint density at radius 2 is 0.551 bits per heavy atom. The number of nitrogens with zero attached hydrogens (tertiary/aromatic N) is 11. The Balaban J connectivity index is 1.13. The van der Waals surface area contributed by atoms with Crippen molar-refractivity contribution in [3.8, 4) is 34.3 Å². The molecule has 348 valence electrons. The van der Waals surface area contributed by atoms with Crippen LogP contribution in [0.5, 0.6) is 0 Å². The van der Waals surface area contributed by atoms with E-state index in [0.29, 0.717) is 34.3 Å². The van der Waals surface area contributed by atoms with Crippen molar-refractivity contribution in [1.82, 2.24) is 24.9 Å². The number of aliphatic imine (C=N–C) groups is 3. The molecule has 0 fully saturated rings. The van der Waals surface area contributed by atoms with Gasteiger partial charge in [0.15, 0.2) is 23.3 Å². The second kappa shape index (κ2) is 16.1. The Bertz CT molecular complexity index is 2830. The molecule has 0 unspecified atom stereocenters. The number of anilines is 3. The number of para-hydroxylation sites is 3. The van der Waals surface area contributed by atoms with Crippen molar-refractivity contribution in [3.05, 3.63) is 169 Å². The Kier molecular flexibility index (Phi) is 10.6. The monoisotopic (exact) mass is 912 g/mol. The van der Waals surface area contributed by atoms with Crippen LogP contribution < -0.4 is 14.7 Å². The lowest BCUT2D eigenvalue weighted by atomic mass is 9.83. The summed E-state index contributed by atoms with van der Waals surface area (Å²) < 4.78 is 0. The molecule has 7 heterocycles. The fraction of sp³-hybridized carbons (Fsp3) is 0.310. The molecule has 0 spiro atoms. The quantitative estimate of drug-likeness (QED) is 0.141. The van der Waals surface area contributed by atoms with E-state index >= 15 is 0 Å². The minimum atomic E-state index is -0.416. The lowest BCUT2D eigenvalue weighted by molar-refractivity contribution is 0.338. The average molecular weight is 912 g/mol. The maximum Gasteiger partial charge on any atom is 0.179 e. The third-order valence-corrected chi connectivity index (χ3v) is 15.4. The SMILES string of the molecule is CC1(C)N=C(c2cccc(-c3cc(-c4cccc(C5=NC(C)(C)C(C)(C)N5c5ccccc5)n4)nc(-c4cccc(C5=NC(C)(C)C(C)(C)N5c5ccccc5)n4)n3)n2)N(c2ccccc2)C1(C)C. The molecule has 3 aliphatic rings. The van der Waals surface area contributed by atoms with Crippen LogP contribution in [-0.4, -0.2) is 75.7 Å². The van der Waals surface area contributed by atoms with Crippen molar-refractivity contribution in [2.45, 2.75) is 116 Å². The van der Waals surface area contributed by atoms with Gasteiger partial charge in [0.2, 0.25) is 0 Å². The van der Waals surface area contributed by atoms with E-state index in [2.05, 4.69) is 171 Å². The molecule has 0 radical (unpaired) electrons. The van der Waals surface area contributed by atoms with Gasteiger partial charge < -0.3 is 14.7 Å². The van der Waals surface area contributed by atoms with Gasteiger partial charge in [0.05, 0.1) is 56.0 Å². The molecule has 0 saturated heterocycles. The minimum Gasteiger partial charge on any atom is -0.317 e. The zero-order chi connectivity index (χ0) is 48.7. The van der Waals surface area contributed by atoms with Crippen molar-refractivity contribution in [2.24, 2.45) is 15.0 Å². The molecule has 7 aromatic rings. The van der Waals surface area contributed by atoms with Crippen LogP contribution in [-0.2, 0) is 0 Å². The molecule has 0 N–H and O–H groups in total. The number of hydrogen-bond acceptors (Lipinski definition) is 11. The molecule has 69 heavy (non-hydrogen) atoms. The van der Waals surface area contributed by atoms with Crippen LogP contribution in [0, 0.1) is 0 Å². The van der Waals surface area contributed by atoms with E-state index in [9.17, 15) is 0 Å². The van der Waals surface area contributed by atoms with Gasteiger partial charge in [-0.15, -0.1) is 0 Å². The normalized spacial score (nSPS) is 19.3. The summed E-state index contributed by atoms with van der Waals surface area (Å²) >= 11 is 0. The van der Waals surface area contributed by atoms with Gasteiger partial charge in [-0.1, -0.05) is 72.8 Å². The molecule has 0 atom stereocenters. The van der Waals surface area contributed by atoms with Crippen LogP contribution in [0.2, 0.25) is 0 Å². The summed E-state index contributed by atoms with van der Waals surface area (Å²) in [6.45, 7) is 26.5. The van der Waals surface area contributed by atoms with E-state index in [1.165, 1.54) is 0 Å². The third kappa shape index (κ3) is 7.50. The van der Waals surface area contributed by atoms with Gasteiger partial charge in [0, 0.05) is 17.1 Å². The molecule has 0 bridgehead atoms. The first-order valence-corrected chi connectivity index (χ1v) is 23.9. The van der Waals surface area contributed by atoms with Gasteiger partial charge >= 0.3 is 0 Å². The largest absolute Gasteiger partial charge is 0.317 e. The fourth-order valence-electron chi connectivity index (χ4n) is 9.46. The smallest absolute Gasteiger partial charge is 0.179 e. The van der Waals surface area contributed by atoms with Gasteiger partial charge in [0.25, 0.3) is 0 Å². The summed E-state index contributed by atoms with van der Waals surface area (Å²) in [6.07, 6.45) is 0. The summed E-state index contributed by atoms with van der Waals surface area (Å²) in [5.74, 6) is 2.82. The zero-order valence-corrected chi connectivity index (χ0v) is 41.9. The van der Waals surface area contributed by atoms with Crippen molar-refractivity contribution in [3.63, 3.8) is 0 Å². The number of rotatable bonds is 9. The van der Waals surface area contributed by atoms with Crippen LogP contribution in [0.25, 0.3) is 34.3 Å². The highest BCUT2D eigenvalue weighted by atomic mass is 15.4. The molecular weight excluding hydrogens is 851 g/mol. The zero-order valence-electron chi connectivity index (χ0n) is 41.9. The molecule has 11 heteroatoms. The first-order chi connectivity index (χ1) is 32.7. The van der Waals surface area contributed by atoms with Gasteiger partial charge in [0.1, 0.15) is 22.8 Å². The predicted molar refractivity (Wildman–Crippen MR) is 283 cm³/mol. The van der Waals surface area contributed by atoms with Crippen molar-refractivity contribution in [2.75, 3.05) is 14.7 Å². The molecule has 0 aliphatic carbocycles. The first-order valence-electron chi connectivity index (χ1n) is 23.9. The van der Waals surface area contributed by atoms with E-state index in [4.69, 9.17) is 39.9 Å². The second-order valence-corrected chi connectivity index (χ2v) is 21.4. The van der Waals surface area contributed by atoms with Gasteiger partial charge in [-0.3, -0.25) is 15.0 Å². The molecule has 3 aliphatic heterocycles. The number of hydrogen-bond donors (Lipinski definition) is 0. The van der Waals surface area contributed by atoms with E-state index in [-0.39, 0.29) is 16.6 Å². The molecule has 0 saturated carbocycles. The Morgan fingerprint density at radius 1 is 0.275 bits per heavy atom. The van der Waals surface area contributed by atoms with E-state index < -0.39 is 16.6 Å². The first kappa shape index (κ1) is 45.4. The fourth-order valence-corrected chi connectivity index (χ4v) is 9.46. The number of aromatic nitrogens is 5. The maximum absolute atomic E-state index is 5.36. The van der Waals surface area contributed by atoms with Gasteiger partial charge in [-0.25, -0.2) is 24.9 Å². The molecule has 11 nitrogen and oxygen atoms in total. The van der Waals surface area contributed by atoms with Crippen LogP contribution in [0.1, 0.15) is 100 Å². The van der Waals surface area contributed by atoms with Crippen LogP contribution >= 0.6 is 0 Å². The number of benzene rings is 3. The highest BCUT2D eigenvalue weighted by molar-refractivity contribution is 6.13. The third-order valence-electron chi connectivity index (χ3n) is 15.4. The average Bonchev–Trinajstić information content (AvgIpc) is 3.76. The van der Waals surface area contributed by atoms with Crippen molar-refractivity contribution >= 4 is 34.6 Å². The molecule has 10 rings (SSSR count). The molecule has 3 aromatic carbocycles. The maximum atomic E-state index is 5.36. The van der Waals surface area contributed by atoms with Crippen molar-refractivity contribution in [1.29, 1.82) is 0 Å². The molecule has 0 amide bonds. The van der Waals surface area contributed by atoms with E-state index in [1.54, 1.807) is 0 Å². The van der Waals surface area contributed by atoms with Gasteiger partial charge in [-0.2, -0.15) is 0 Å². The lowest BCUT2D eigenvalue weighted by Gasteiger charge is -2.41. The highest BCUT2D eigenvalue weighted by Crippen LogP contribution is 2.45.